The molecule has 2 N–H and O–H groups in total. The second kappa shape index (κ2) is 12.3. The number of halogens is 1. The molecule has 2 aliphatic heterocycles. The van der Waals surface area contributed by atoms with E-state index in [4.69, 9.17) is 11.6 Å². The van der Waals surface area contributed by atoms with Crippen molar-refractivity contribution in [3.8, 4) is 0 Å². The van der Waals surface area contributed by atoms with Crippen LogP contribution in [0.25, 0.3) is 0 Å². The molecule has 0 radical (unpaired) electrons. The van der Waals surface area contributed by atoms with Crippen LogP contribution >= 0.6 is 11.6 Å². The van der Waals surface area contributed by atoms with Crippen LogP contribution in [-0.4, -0.2) is 77.5 Å². The highest BCUT2D eigenvalue weighted by Gasteiger charge is 2.39. The molecule has 2 aromatic rings. The molecule has 0 bridgehead atoms. The number of nitrogens with one attached hydrogen (secondary N) is 2. The number of hydrogen-bond donors (Lipinski definition) is 2. The van der Waals surface area contributed by atoms with E-state index in [0.29, 0.717) is 41.7 Å². The zero-order valence-electron chi connectivity index (χ0n) is 24.0. The summed E-state index contributed by atoms with van der Waals surface area (Å²) in [6.45, 7) is 5.43. The second-order valence-corrected chi connectivity index (χ2v) is 12.1. The number of benzene rings is 2. The molecular weight excluding hydrogens is 542 g/mol. The molecule has 1 atom stereocenters. The predicted molar refractivity (Wildman–Crippen MR) is 158 cm³/mol. The van der Waals surface area contributed by atoms with Crippen molar-refractivity contribution >= 4 is 40.8 Å². The van der Waals surface area contributed by atoms with Crippen LogP contribution in [0.15, 0.2) is 30.3 Å². The maximum absolute atomic E-state index is 13.1. The lowest BCUT2D eigenvalue weighted by atomic mass is 9.92. The zero-order chi connectivity index (χ0) is 29.3. The molecule has 9 nitrogen and oxygen atoms in total. The number of hydrogen-bond acceptors (Lipinski definition) is 6. The van der Waals surface area contributed by atoms with Crippen LogP contribution in [0, 0.1) is 6.92 Å². The van der Waals surface area contributed by atoms with Gasteiger partial charge in [-0.25, -0.2) is 4.79 Å². The quantitative estimate of drug-likeness (QED) is 0.478. The first-order chi connectivity index (χ1) is 19.6. The van der Waals surface area contributed by atoms with Gasteiger partial charge in [-0.3, -0.25) is 19.3 Å². The van der Waals surface area contributed by atoms with Crippen LogP contribution < -0.4 is 10.6 Å². The first-order valence-corrected chi connectivity index (χ1v) is 14.7. The molecule has 3 amide bonds. The normalized spacial score (nSPS) is 20.1. The molecule has 2 aromatic carbocycles. The second-order valence-electron chi connectivity index (χ2n) is 11.7. The van der Waals surface area contributed by atoms with E-state index < -0.39 is 6.04 Å². The number of amides is 3. The van der Waals surface area contributed by atoms with Gasteiger partial charge in [0, 0.05) is 48.4 Å². The van der Waals surface area contributed by atoms with Gasteiger partial charge in [-0.05, 0) is 93.8 Å². The minimum absolute atomic E-state index is 0.0634. The number of rotatable bonds is 7. The number of ketones is 2. The summed E-state index contributed by atoms with van der Waals surface area (Å²) in [5, 5.41) is 6.38. The molecule has 1 aliphatic carbocycles. The summed E-state index contributed by atoms with van der Waals surface area (Å²) in [6, 6.07) is 8.98. The van der Waals surface area contributed by atoms with Gasteiger partial charge in [-0.15, -0.1) is 0 Å². The molecule has 5 rings (SSSR count). The Hall–Kier alpha value is -3.27. The van der Waals surface area contributed by atoms with E-state index in [2.05, 4.69) is 34.5 Å². The standard InChI is InChI=1S/C31H38ClN5O4/c1-19-22(17-36-10-8-24(9-11-36)35(2)3)13-23(14-27(19)32)34-31(41)33-16-20-4-5-21-18-37(30(40)26(21)12-20)28-7-6-25(38)15-29(28)39/h4-5,12-14,24,28H,6-11,15-18H2,1-3H3,(H2,33,34,41). The third kappa shape index (κ3) is 6.63. The Morgan fingerprint density at radius 2 is 1.83 bits per heavy atom. The summed E-state index contributed by atoms with van der Waals surface area (Å²) < 4.78 is 0. The van der Waals surface area contributed by atoms with E-state index in [1.54, 1.807) is 17.0 Å². The molecule has 3 aliphatic rings. The van der Waals surface area contributed by atoms with Crippen molar-refractivity contribution in [3.63, 3.8) is 0 Å². The van der Waals surface area contributed by atoms with Crippen molar-refractivity contribution in [1.29, 1.82) is 0 Å². The van der Waals surface area contributed by atoms with Gasteiger partial charge in [-0.1, -0.05) is 23.7 Å². The SMILES string of the molecule is Cc1c(Cl)cc(NC(=O)NCc2ccc3c(c2)C(=O)N(C2CCC(=O)CC2=O)C3)cc1CN1CCC(N(C)C)CC1. The topological polar surface area (TPSA) is 102 Å². The molecule has 10 heteroatoms. The first-order valence-electron chi connectivity index (χ1n) is 14.3. The number of piperidine rings is 1. The van der Waals surface area contributed by atoms with Gasteiger partial charge in [0.15, 0.2) is 5.78 Å². The van der Waals surface area contributed by atoms with E-state index in [9.17, 15) is 19.2 Å². The molecule has 0 aromatic heterocycles. The number of fused-ring (bicyclic) bond motifs is 1. The molecule has 2 fully saturated rings. The van der Waals surface area contributed by atoms with E-state index in [0.717, 1.165) is 54.7 Å². The lowest BCUT2D eigenvalue weighted by molar-refractivity contribution is -0.133. The lowest BCUT2D eigenvalue weighted by Crippen LogP contribution is -2.44. The molecule has 218 valence electrons. The van der Waals surface area contributed by atoms with Crippen molar-refractivity contribution in [2.24, 2.45) is 0 Å². The van der Waals surface area contributed by atoms with Crippen LogP contribution in [0.5, 0.6) is 0 Å². The lowest BCUT2D eigenvalue weighted by Gasteiger charge is -2.35. The Morgan fingerprint density at radius 3 is 2.54 bits per heavy atom. The number of Topliss-reactive ketones (excluding diaryl/α,β-unsaturated/α-hetero) is 2. The summed E-state index contributed by atoms with van der Waals surface area (Å²) in [7, 11) is 4.27. The molecular formula is C31H38ClN5O4. The average molecular weight is 580 g/mol. The van der Waals surface area contributed by atoms with Gasteiger partial charge in [0.25, 0.3) is 5.91 Å². The molecule has 0 spiro atoms. The molecule has 41 heavy (non-hydrogen) atoms. The number of carbonyl (C=O) groups is 4. The minimum atomic E-state index is -0.545. The zero-order valence-corrected chi connectivity index (χ0v) is 24.7. The van der Waals surface area contributed by atoms with Crippen LogP contribution in [-0.2, 0) is 29.2 Å². The van der Waals surface area contributed by atoms with Crippen molar-refractivity contribution < 1.29 is 19.2 Å². The molecule has 2 heterocycles. The highest BCUT2D eigenvalue weighted by atomic mass is 35.5. The number of urea groups is 1. The maximum Gasteiger partial charge on any atom is 0.319 e. The van der Waals surface area contributed by atoms with Crippen molar-refractivity contribution in [2.45, 2.75) is 70.7 Å². The number of nitrogens with zero attached hydrogens (tertiary/aromatic N) is 3. The molecule has 1 saturated carbocycles. The maximum atomic E-state index is 13.1. The summed E-state index contributed by atoms with van der Waals surface area (Å²) in [5.74, 6) is -0.451. The third-order valence-electron chi connectivity index (χ3n) is 8.67. The molecule has 1 unspecified atom stereocenters. The van der Waals surface area contributed by atoms with Crippen LogP contribution in [0.2, 0.25) is 5.02 Å². The van der Waals surface area contributed by atoms with Gasteiger partial charge < -0.3 is 20.4 Å². The number of likely N-dealkylation sites (tertiary alicyclic amines) is 1. The van der Waals surface area contributed by atoms with Crippen molar-refractivity contribution in [1.82, 2.24) is 20.0 Å². The fourth-order valence-electron chi connectivity index (χ4n) is 6.09. The predicted octanol–water partition coefficient (Wildman–Crippen LogP) is 4.14. The monoisotopic (exact) mass is 579 g/mol. The van der Waals surface area contributed by atoms with Gasteiger partial charge in [-0.2, -0.15) is 0 Å². The van der Waals surface area contributed by atoms with Crippen molar-refractivity contribution in [2.75, 3.05) is 32.5 Å². The fourth-order valence-corrected chi connectivity index (χ4v) is 6.32. The summed E-state index contributed by atoms with van der Waals surface area (Å²) in [5.41, 5.74) is 4.92. The van der Waals surface area contributed by atoms with Gasteiger partial charge in [0.1, 0.15) is 5.78 Å². The smallest absolute Gasteiger partial charge is 0.319 e. The Labute approximate surface area is 246 Å². The summed E-state index contributed by atoms with van der Waals surface area (Å²) in [4.78, 5) is 56.2. The first kappa shape index (κ1) is 29.2. The van der Waals surface area contributed by atoms with Gasteiger partial charge in [0.2, 0.25) is 0 Å². The van der Waals surface area contributed by atoms with E-state index in [-0.39, 0.29) is 36.5 Å². The van der Waals surface area contributed by atoms with Crippen molar-refractivity contribution in [3.05, 3.63) is 63.2 Å². The number of carbonyl (C=O) groups excluding carboxylic acids is 4. The average Bonchev–Trinajstić information content (AvgIpc) is 3.26. The Bertz CT molecular complexity index is 1370. The highest BCUT2D eigenvalue weighted by Crippen LogP contribution is 2.30. The third-order valence-corrected chi connectivity index (χ3v) is 9.06. The summed E-state index contributed by atoms with van der Waals surface area (Å²) in [6.07, 6.45) is 2.87. The molecule has 1 saturated heterocycles. The Kier molecular flexibility index (Phi) is 8.77. The van der Waals surface area contributed by atoms with E-state index >= 15 is 0 Å². The van der Waals surface area contributed by atoms with Gasteiger partial charge >= 0.3 is 6.03 Å². The Morgan fingerprint density at radius 1 is 1.07 bits per heavy atom. The van der Waals surface area contributed by atoms with Crippen LogP contribution in [0.4, 0.5) is 10.5 Å². The number of anilines is 1. The van der Waals surface area contributed by atoms with Gasteiger partial charge in [0.05, 0.1) is 12.5 Å². The Balaban J connectivity index is 1.17. The minimum Gasteiger partial charge on any atom is -0.334 e. The van der Waals surface area contributed by atoms with E-state index in [1.807, 2.05) is 25.1 Å². The fraction of sp³-hybridized carbons (Fsp3) is 0.484. The summed E-state index contributed by atoms with van der Waals surface area (Å²) >= 11 is 6.54. The van der Waals surface area contributed by atoms with Crippen LogP contribution in [0.1, 0.15) is 64.7 Å². The highest BCUT2D eigenvalue weighted by molar-refractivity contribution is 6.31. The van der Waals surface area contributed by atoms with E-state index in [1.165, 1.54) is 0 Å². The van der Waals surface area contributed by atoms with Crippen LogP contribution in [0.3, 0.4) is 0 Å². The largest absolute Gasteiger partial charge is 0.334 e.